The molecule has 44 heavy (non-hydrogen) atoms. The van der Waals surface area contributed by atoms with Crippen LogP contribution in [0.25, 0.3) is 6.08 Å². The number of nitrogens with zero attached hydrogens (tertiary/aromatic N) is 2. The zero-order chi connectivity index (χ0) is 30.6. The number of nitrogens with one attached hydrogen (secondary N) is 1. The second kappa shape index (κ2) is 12.5. The lowest BCUT2D eigenvalue weighted by molar-refractivity contribution is -0.113. The summed E-state index contributed by atoms with van der Waals surface area (Å²) in [5.41, 5.74) is 3.53. The fourth-order valence-corrected chi connectivity index (χ4v) is 6.08. The summed E-state index contributed by atoms with van der Waals surface area (Å²) in [5.74, 6) is 0.586. The number of methoxy groups -OCH3 is 1. The van der Waals surface area contributed by atoms with E-state index in [0.717, 1.165) is 11.1 Å². The van der Waals surface area contributed by atoms with Crippen molar-refractivity contribution in [3.05, 3.63) is 157 Å². The number of carbonyl (C=O) groups is 1. The topological polar surface area (TPSA) is 81.9 Å². The third-order valence-electron chi connectivity index (χ3n) is 7.24. The van der Waals surface area contributed by atoms with Crippen LogP contribution in [0.3, 0.4) is 0 Å². The predicted octanol–water partition coefficient (Wildman–Crippen LogP) is 5.60. The van der Waals surface area contributed by atoms with E-state index in [1.165, 1.54) is 23.5 Å². The highest BCUT2D eigenvalue weighted by molar-refractivity contribution is 7.07. The highest BCUT2D eigenvalue weighted by atomic mass is 32.1. The van der Waals surface area contributed by atoms with E-state index in [-0.39, 0.29) is 23.9 Å². The van der Waals surface area contributed by atoms with Gasteiger partial charge in [-0.1, -0.05) is 72.0 Å². The molecule has 7 nitrogen and oxygen atoms in total. The van der Waals surface area contributed by atoms with Crippen molar-refractivity contribution >= 4 is 29.0 Å². The lowest BCUT2D eigenvalue weighted by atomic mass is 9.95. The summed E-state index contributed by atoms with van der Waals surface area (Å²) in [6.45, 7) is 2.02. The van der Waals surface area contributed by atoms with E-state index in [0.29, 0.717) is 43.4 Å². The largest absolute Gasteiger partial charge is 0.497 e. The molecule has 0 bridgehead atoms. The Hall–Kier alpha value is -5.28. The number of thiazole rings is 1. The average molecular weight is 606 g/mol. The monoisotopic (exact) mass is 605 g/mol. The van der Waals surface area contributed by atoms with Crippen molar-refractivity contribution in [3.63, 3.8) is 0 Å². The van der Waals surface area contributed by atoms with Gasteiger partial charge in [-0.2, -0.15) is 0 Å². The van der Waals surface area contributed by atoms with Crippen LogP contribution >= 0.6 is 11.3 Å². The Labute approximate surface area is 256 Å². The number of fused-ring (bicyclic) bond motifs is 1. The Bertz CT molecular complexity index is 2030. The summed E-state index contributed by atoms with van der Waals surface area (Å²) in [5, 5.41) is 2.96. The van der Waals surface area contributed by atoms with Crippen LogP contribution in [-0.4, -0.2) is 17.6 Å². The number of benzene rings is 4. The van der Waals surface area contributed by atoms with Crippen molar-refractivity contribution in [1.82, 2.24) is 4.57 Å². The zero-order valence-electron chi connectivity index (χ0n) is 24.0. The van der Waals surface area contributed by atoms with E-state index < -0.39 is 6.04 Å². The van der Waals surface area contributed by atoms with Crippen LogP contribution < -0.4 is 29.7 Å². The standard InChI is InChI=1S/C35H28FN3O4S/c1-22-31(33(40)38-27-9-4-3-5-10-27)32(24-14-18-28(42-2)19-15-24)39-34(41)30(44-35(39)37-22)20-25-8-6-7-11-29(25)43-21-23-12-16-26(36)17-13-23/h3-20,32H,21H2,1-2H3,(H,38,40)/b30-20+/t32-/m0/s1. The molecular weight excluding hydrogens is 577 g/mol. The Morgan fingerprint density at radius 2 is 1.68 bits per heavy atom. The van der Waals surface area contributed by atoms with Gasteiger partial charge in [0.05, 0.1) is 29.0 Å². The van der Waals surface area contributed by atoms with E-state index >= 15 is 0 Å². The van der Waals surface area contributed by atoms with Gasteiger partial charge in [0.2, 0.25) is 0 Å². The summed E-state index contributed by atoms with van der Waals surface area (Å²) in [7, 11) is 1.59. The van der Waals surface area contributed by atoms with Gasteiger partial charge in [0.15, 0.2) is 4.80 Å². The molecule has 1 N–H and O–H groups in total. The number of ether oxygens (including phenoxy) is 2. The van der Waals surface area contributed by atoms with Gasteiger partial charge < -0.3 is 14.8 Å². The van der Waals surface area contributed by atoms with Crippen molar-refractivity contribution in [1.29, 1.82) is 0 Å². The first-order valence-corrected chi connectivity index (χ1v) is 14.7. The quantitative estimate of drug-likeness (QED) is 0.250. The van der Waals surface area contributed by atoms with Crippen LogP contribution in [-0.2, 0) is 11.4 Å². The molecule has 9 heteroatoms. The van der Waals surface area contributed by atoms with Gasteiger partial charge in [0, 0.05) is 11.3 Å². The lowest BCUT2D eigenvalue weighted by Gasteiger charge is -2.25. The molecule has 1 aromatic heterocycles. The Kier molecular flexibility index (Phi) is 8.21. The van der Waals surface area contributed by atoms with Crippen molar-refractivity contribution in [2.45, 2.75) is 19.6 Å². The zero-order valence-corrected chi connectivity index (χ0v) is 24.8. The van der Waals surface area contributed by atoms with Crippen LogP contribution in [0.4, 0.5) is 10.1 Å². The van der Waals surface area contributed by atoms with Crippen LogP contribution in [0.1, 0.15) is 29.7 Å². The molecule has 0 spiro atoms. The first-order valence-electron chi connectivity index (χ1n) is 13.9. The smallest absolute Gasteiger partial charge is 0.271 e. The maximum absolute atomic E-state index is 14.1. The van der Waals surface area contributed by atoms with Crippen molar-refractivity contribution in [2.75, 3.05) is 12.4 Å². The molecule has 1 atom stereocenters. The maximum Gasteiger partial charge on any atom is 0.271 e. The number of hydrogen-bond acceptors (Lipinski definition) is 6. The molecule has 2 heterocycles. The molecule has 0 saturated carbocycles. The van der Waals surface area contributed by atoms with E-state index in [2.05, 4.69) is 5.32 Å². The third kappa shape index (κ3) is 5.95. The van der Waals surface area contributed by atoms with Crippen LogP contribution in [0, 0.1) is 5.82 Å². The minimum atomic E-state index is -0.715. The molecule has 6 rings (SSSR count). The van der Waals surface area contributed by atoms with Crippen molar-refractivity contribution in [2.24, 2.45) is 4.99 Å². The highest BCUT2D eigenvalue weighted by Crippen LogP contribution is 2.32. The first kappa shape index (κ1) is 28.8. The number of aromatic nitrogens is 1. The van der Waals surface area contributed by atoms with Gasteiger partial charge >= 0.3 is 0 Å². The molecule has 0 aliphatic carbocycles. The number of carbonyl (C=O) groups excluding carboxylic acids is 1. The normalized spacial score (nSPS) is 14.5. The second-order valence-electron chi connectivity index (χ2n) is 10.1. The molecular formula is C35H28FN3O4S. The minimum absolute atomic E-state index is 0.239. The average Bonchev–Trinajstić information content (AvgIpc) is 3.35. The lowest BCUT2D eigenvalue weighted by Crippen LogP contribution is -2.40. The van der Waals surface area contributed by atoms with E-state index in [1.807, 2.05) is 66.7 Å². The van der Waals surface area contributed by atoms with Gasteiger partial charge in [0.1, 0.15) is 23.9 Å². The minimum Gasteiger partial charge on any atom is -0.497 e. The fraction of sp³-hybridized carbons (Fsp3) is 0.114. The van der Waals surface area contributed by atoms with E-state index in [1.54, 1.807) is 48.9 Å². The molecule has 1 aliphatic heterocycles. The molecule has 4 aromatic carbocycles. The summed E-state index contributed by atoms with van der Waals surface area (Å²) < 4.78 is 26.8. The molecule has 0 fully saturated rings. The van der Waals surface area contributed by atoms with Gasteiger partial charge in [-0.15, -0.1) is 0 Å². The molecule has 1 aliphatic rings. The highest BCUT2D eigenvalue weighted by Gasteiger charge is 2.32. The summed E-state index contributed by atoms with van der Waals surface area (Å²) in [4.78, 5) is 33.1. The Morgan fingerprint density at radius 1 is 0.977 bits per heavy atom. The number of amides is 1. The maximum atomic E-state index is 14.1. The Balaban J connectivity index is 1.42. The molecule has 0 radical (unpaired) electrons. The second-order valence-corrected chi connectivity index (χ2v) is 11.1. The third-order valence-corrected chi connectivity index (χ3v) is 8.23. The summed E-state index contributed by atoms with van der Waals surface area (Å²) >= 11 is 1.25. The summed E-state index contributed by atoms with van der Waals surface area (Å²) in [6.07, 6.45) is 1.78. The molecule has 0 unspecified atom stereocenters. The fourth-order valence-electron chi connectivity index (χ4n) is 5.05. The van der Waals surface area contributed by atoms with Gasteiger partial charge in [-0.05, 0) is 66.6 Å². The van der Waals surface area contributed by atoms with Gasteiger partial charge in [-0.25, -0.2) is 9.38 Å². The number of anilines is 1. The number of para-hydroxylation sites is 2. The number of halogens is 1. The molecule has 0 saturated heterocycles. The van der Waals surface area contributed by atoms with Crippen molar-refractivity contribution < 1.29 is 18.7 Å². The van der Waals surface area contributed by atoms with Gasteiger partial charge in [-0.3, -0.25) is 14.2 Å². The number of hydrogen-bond donors (Lipinski definition) is 1. The van der Waals surface area contributed by atoms with Gasteiger partial charge in [0.25, 0.3) is 11.5 Å². The first-order chi connectivity index (χ1) is 21.4. The molecule has 5 aromatic rings. The van der Waals surface area contributed by atoms with Crippen LogP contribution in [0.15, 0.2) is 124 Å². The summed E-state index contributed by atoms with van der Waals surface area (Å²) in [6, 6.07) is 29.3. The van der Waals surface area contributed by atoms with Crippen molar-refractivity contribution in [3.8, 4) is 11.5 Å². The SMILES string of the molecule is COc1ccc([C@H]2C(C(=O)Nc3ccccc3)=C(C)N=c3s/c(=C/c4ccccc4OCc4ccc(F)cc4)c(=O)n32)cc1. The predicted molar refractivity (Wildman–Crippen MR) is 169 cm³/mol. The number of allylic oxidation sites excluding steroid dienone is 1. The number of rotatable bonds is 8. The van der Waals surface area contributed by atoms with E-state index in [4.69, 9.17) is 14.5 Å². The van der Waals surface area contributed by atoms with Crippen LogP contribution in [0.2, 0.25) is 0 Å². The molecule has 220 valence electrons. The van der Waals surface area contributed by atoms with Crippen LogP contribution in [0.5, 0.6) is 11.5 Å². The molecule has 1 amide bonds. The Morgan fingerprint density at radius 3 is 2.41 bits per heavy atom. The van der Waals surface area contributed by atoms with E-state index in [9.17, 15) is 14.0 Å².